The van der Waals surface area contributed by atoms with Gasteiger partial charge in [0, 0.05) is 13.0 Å². The van der Waals surface area contributed by atoms with Gasteiger partial charge in [-0.05, 0) is 64.7 Å². The number of aliphatic imine (C=N–C) groups is 1. The van der Waals surface area contributed by atoms with Gasteiger partial charge < -0.3 is 15.0 Å². The molecule has 10 heteroatoms. The van der Waals surface area contributed by atoms with E-state index >= 15 is 0 Å². The molecule has 0 atom stereocenters. The van der Waals surface area contributed by atoms with Crippen LogP contribution in [0.1, 0.15) is 48.0 Å². The van der Waals surface area contributed by atoms with Crippen LogP contribution in [0.3, 0.4) is 0 Å². The number of imidazole rings is 1. The number of carbonyl (C=O) groups is 2. The maximum absolute atomic E-state index is 12.9. The standard InChI is InChI=1S/C33H28ClN5O3S/c1-2-3-8-29-37-31(34)27(39(29)20-22-9-13-23(14-10-22)26-7-5-4-6-24(26)19-35)18-28-32(42)38-33(43-28)36-25-15-11-21(12-16-25)17-30(40)41/h4-7,9-16,18H,2-3,8,17,20H2,1H3,(H,40,41)(H,36,38,42)/b28-18-. The summed E-state index contributed by atoms with van der Waals surface area (Å²) in [6, 6.07) is 24.7. The Labute approximate surface area is 258 Å². The molecule has 1 amide bonds. The van der Waals surface area contributed by atoms with Crippen molar-refractivity contribution < 1.29 is 14.7 Å². The second kappa shape index (κ2) is 13.6. The van der Waals surface area contributed by atoms with Crippen LogP contribution in [-0.2, 0) is 29.0 Å². The van der Waals surface area contributed by atoms with Gasteiger partial charge in [0.2, 0.25) is 0 Å². The van der Waals surface area contributed by atoms with E-state index in [4.69, 9.17) is 16.7 Å². The fourth-order valence-corrected chi connectivity index (χ4v) is 5.78. The van der Waals surface area contributed by atoms with Crippen molar-refractivity contribution in [1.82, 2.24) is 14.9 Å². The number of aromatic nitrogens is 2. The molecule has 0 radical (unpaired) electrons. The molecule has 216 valence electrons. The van der Waals surface area contributed by atoms with Crippen molar-refractivity contribution >= 4 is 52.2 Å². The highest BCUT2D eigenvalue weighted by Crippen LogP contribution is 2.31. The number of thioether (sulfide) groups is 1. The summed E-state index contributed by atoms with van der Waals surface area (Å²) in [6.07, 6.45) is 4.38. The number of hydrogen-bond acceptors (Lipinski definition) is 6. The summed E-state index contributed by atoms with van der Waals surface area (Å²) >= 11 is 7.86. The molecule has 8 nitrogen and oxygen atoms in total. The number of hydrogen-bond donors (Lipinski definition) is 2. The molecule has 0 bridgehead atoms. The molecule has 2 N–H and O–H groups in total. The SMILES string of the molecule is CCCCc1nc(Cl)c(/C=C2\SC(=Nc3ccc(CC(=O)O)cc3)NC2=O)n1Cc1ccc(-c2ccccc2C#N)cc1. The smallest absolute Gasteiger partial charge is 0.307 e. The maximum atomic E-state index is 12.9. The lowest BCUT2D eigenvalue weighted by Gasteiger charge is -2.12. The van der Waals surface area contributed by atoms with E-state index in [-0.39, 0.29) is 12.3 Å². The topological polar surface area (TPSA) is 120 Å². The molecule has 4 aromatic rings. The molecule has 1 aromatic heterocycles. The van der Waals surface area contributed by atoms with Crippen molar-refractivity contribution in [2.45, 2.75) is 39.2 Å². The Morgan fingerprint density at radius 3 is 2.53 bits per heavy atom. The van der Waals surface area contributed by atoms with Gasteiger partial charge in [-0.1, -0.05) is 79.5 Å². The molecule has 0 saturated carbocycles. The number of carbonyl (C=O) groups excluding carboxylic acids is 1. The summed E-state index contributed by atoms with van der Waals surface area (Å²) in [5.74, 6) is -0.344. The Bertz CT molecular complexity index is 1770. The zero-order valence-electron chi connectivity index (χ0n) is 23.4. The Morgan fingerprint density at radius 1 is 1.12 bits per heavy atom. The van der Waals surface area contributed by atoms with Gasteiger partial charge in [-0.3, -0.25) is 9.59 Å². The fourth-order valence-electron chi connectivity index (χ4n) is 4.71. The maximum Gasteiger partial charge on any atom is 0.307 e. The summed E-state index contributed by atoms with van der Waals surface area (Å²) in [7, 11) is 0. The van der Waals surface area contributed by atoms with Crippen molar-refractivity contribution in [3.05, 3.63) is 111 Å². The lowest BCUT2D eigenvalue weighted by molar-refractivity contribution is -0.136. The van der Waals surface area contributed by atoms with E-state index in [0.29, 0.717) is 44.3 Å². The van der Waals surface area contributed by atoms with Crippen molar-refractivity contribution in [3.63, 3.8) is 0 Å². The van der Waals surface area contributed by atoms with E-state index in [9.17, 15) is 14.9 Å². The number of carboxylic acids is 1. The average Bonchev–Trinajstić information content (AvgIpc) is 3.50. The molecule has 1 saturated heterocycles. The molecular weight excluding hydrogens is 582 g/mol. The number of nitrogens with one attached hydrogen (secondary N) is 1. The number of halogens is 1. The lowest BCUT2D eigenvalue weighted by Crippen LogP contribution is -2.19. The average molecular weight is 610 g/mol. The van der Waals surface area contributed by atoms with Gasteiger partial charge >= 0.3 is 5.97 Å². The molecule has 0 aliphatic carbocycles. The molecule has 3 aromatic carbocycles. The van der Waals surface area contributed by atoms with Crippen LogP contribution >= 0.6 is 23.4 Å². The van der Waals surface area contributed by atoms with Crippen LogP contribution < -0.4 is 5.32 Å². The first-order valence-corrected chi connectivity index (χ1v) is 15.0. The van der Waals surface area contributed by atoms with Crippen LogP contribution in [-0.4, -0.2) is 31.7 Å². The quantitative estimate of drug-likeness (QED) is 0.187. The molecule has 2 heterocycles. The Hall–Kier alpha value is -4.65. The normalized spacial score (nSPS) is 14.7. The molecule has 1 fully saturated rings. The number of nitriles is 1. The van der Waals surface area contributed by atoms with Crippen molar-refractivity contribution in [2.75, 3.05) is 0 Å². The first-order valence-electron chi connectivity index (χ1n) is 13.8. The number of benzene rings is 3. The summed E-state index contributed by atoms with van der Waals surface area (Å²) in [6.45, 7) is 2.63. The number of amidine groups is 1. The summed E-state index contributed by atoms with van der Waals surface area (Å²) in [5.41, 5.74) is 5.41. The fraction of sp³-hybridized carbons (Fsp3) is 0.182. The predicted octanol–water partition coefficient (Wildman–Crippen LogP) is 6.98. The molecule has 0 unspecified atom stereocenters. The number of unbranched alkanes of at least 4 members (excludes halogenated alkanes) is 1. The van der Waals surface area contributed by atoms with Gasteiger partial charge in [0.15, 0.2) is 10.3 Å². The molecule has 43 heavy (non-hydrogen) atoms. The minimum atomic E-state index is -0.901. The zero-order valence-corrected chi connectivity index (χ0v) is 25.0. The number of rotatable bonds is 10. The minimum absolute atomic E-state index is 0.0663. The van der Waals surface area contributed by atoms with Crippen molar-refractivity contribution in [2.24, 2.45) is 4.99 Å². The third kappa shape index (κ3) is 7.23. The minimum Gasteiger partial charge on any atom is -0.481 e. The number of aliphatic carboxylic acids is 1. The van der Waals surface area contributed by atoms with E-state index in [1.165, 1.54) is 11.8 Å². The van der Waals surface area contributed by atoms with Gasteiger partial charge in [0.25, 0.3) is 5.91 Å². The molecule has 1 aliphatic rings. The molecule has 0 spiro atoms. The monoisotopic (exact) mass is 609 g/mol. The van der Waals surface area contributed by atoms with Crippen LogP contribution in [0, 0.1) is 11.3 Å². The second-order valence-corrected chi connectivity index (χ2v) is 11.4. The summed E-state index contributed by atoms with van der Waals surface area (Å²) < 4.78 is 2.05. The van der Waals surface area contributed by atoms with E-state index in [2.05, 4.69) is 28.3 Å². The Morgan fingerprint density at radius 2 is 1.84 bits per heavy atom. The van der Waals surface area contributed by atoms with E-state index in [1.54, 1.807) is 30.3 Å². The lowest BCUT2D eigenvalue weighted by atomic mass is 9.99. The van der Waals surface area contributed by atoms with E-state index in [0.717, 1.165) is 41.8 Å². The third-order valence-electron chi connectivity index (χ3n) is 6.89. The first-order chi connectivity index (χ1) is 20.8. The molecule has 1 aliphatic heterocycles. The van der Waals surface area contributed by atoms with Crippen LogP contribution in [0.5, 0.6) is 0 Å². The van der Waals surface area contributed by atoms with Crippen LogP contribution in [0.2, 0.25) is 5.15 Å². The zero-order chi connectivity index (χ0) is 30.3. The van der Waals surface area contributed by atoms with Crippen molar-refractivity contribution in [3.8, 4) is 17.2 Å². The number of nitrogens with zero attached hydrogens (tertiary/aromatic N) is 4. The number of amides is 1. The number of carboxylic acid groups (broad SMARTS) is 1. The van der Waals surface area contributed by atoms with Crippen LogP contribution in [0.25, 0.3) is 17.2 Å². The van der Waals surface area contributed by atoms with Gasteiger partial charge in [-0.25, -0.2) is 9.98 Å². The van der Waals surface area contributed by atoms with Crippen molar-refractivity contribution in [1.29, 1.82) is 5.26 Å². The number of aryl methyl sites for hydroxylation is 1. The highest BCUT2D eigenvalue weighted by atomic mass is 35.5. The summed E-state index contributed by atoms with van der Waals surface area (Å²) in [4.78, 5) is 33.4. The van der Waals surface area contributed by atoms with E-state index in [1.807, 2.05) is 53.1 Å². The van der Waals surface area contributed by atoms with Gasteiger partial charge in [-0.15, -0.1) is 0 Å². The second-order valence-electron chi connectivity index (χ2n) is 9.97. The predicted molar refractivity (Wildman–Crippen MR) is 170 cm³/mol. The Balaban J connectivity index is 1.41. The highest BCUT2D eigenvalue weighted by molar-refractivity contribution is 8.18. The van der Waals surface area contributed by atoms with Gasteiger partial charge in [-0.2, -0.15) is 5.26 Å². The van der Waals surface area contributed by atoms with Crippen LogP contribution in [0.15, 0.2) is 82.7 Å². The Kier molecular flexibility index (Phi) is 9.40. The summed E-state index contributed by atoms with van der Waals surface area (Å²) in [5, 5.41) is 22.0. The highest BCUT2D eigenvalue weighted by Gasteiger charge is 2.26. The van der Waals surface area contributed by atoms with Gasteiger partial charge in [0.1, 0.15) is 5.82 Å². The third-order valence-corrected chi connectivity index (χ3v) is 8.08. The van der Waals surface area contributed by atoms with Gasteiger partial charge in [0.05, 0.1) is 34.3 Å². The molecule has 5 rings (SSSR count). The molecular formula is C33H28ClN5O3S. The largest absolute Gasteiger partial charge is 0.481 e. The first kappa shape index (κ1) is 29.8. The van der Waals surface area contributed by atoms with Crippen LogP contribution in [0.4, 0.5) is 5.69 Å². The van der Waals surface area contributed by atoms with E-state index < -0.39 is 5.97 Å².